The van der Waals surface area contributed by atoms with Crippen LogP contribution in [-0.2, 0) is 6.18 Å². The molecule has 4 aliphatic rings. The molecule has 4 atom stereocenters. The highest BCUT2D eigenvalue weighted by molar-refractivity contribution is 5.62. The second-order valence-electron chi connectivity index (χ2n) is 10.3. The van der Waals surface area contributed by atoms with Gasteiger partial charge in [-0.3, -0.25) is 9.80 Å². The molecule has 1 saturated heterocycles. The number of fused-ring (bicyclic) bond motifs is 1. The molecule has 2 aromatic rings. The quantitative estimate of drug-likeness (QED) is 0.637. The van der Waals surface area contributed by atoms with Gasteiger partial charge in [0, 0.05) is 68.7 Å². The van der Waals surface area contributed by atoms with Crippen molar-refractivity contribution in [3.8, 4) is 11.3 Å². The molecule has 1 aliphatic heterocycles. The Morgan fingerprint density at radius 1 is 1.06 bits per heavy atom. The minimum absolute atomic E-state index is 0.282. The van der Waals surface area contributed by atoms with Gasteiger partial charge in [-0.15, -0.1) is 0 Å². The number of anilines is 1. The van der Waals surface area contributed by atoms with Crippen LogP contribution < -0.4 is 5.73 Å². The van der Waals surface area contributed by atoms with Gasteiger partial charge in [0.05, 0.1) is 11.3 Å². The fourth-order valence-electron chi connectivity index (χ4n) is 6.23. The Kier molecular flexibility index (Phi) is 5.36. The van der Waals surface area contributed by atoms with E-state index in [4.69, 9.17) is 10.7 Å². The zero-order chi connectivity index (χ0) is 23.6. The van der Waals surface area contributed by atoms with Gasteiger partial charge in [-0.2, -0.15) is 13.2 Å². The third-order valence-electron chi connectivity index (χ3n) is 8.24. The van der Waals surface area contributed by atoms with E-state index in [2.05, 4.69) is 19.4 Å². The van der Waals surface area contributed by atoms with Gasteiger partial charge in [0.2, 0.25) is 0 Å². The number of piperazine rings is 1. The third-order valence-corrected chi connectivity index (χ3v) is 8.24. The molecule has 6 nitrogen and oxygen atoms in total. The Hall–Kier alpha value is -2.20. The SMILES string of the molecule is Nc1ncc(-c2cn(C3[C@H]4CC(N5CCN(CCF)CC5)C[C@@H]34)c(C3CC3)n2)cc1C(F)(F)F. The molecule has 0 amide bonds. The van der Waals surface area contributed by atoms with Gasteiger partial charge in [0.25, 0.3) is 0 Å². The van der Waals surface area contributed by atoms with E-state index >= 15 is 0 Å². The van der Waals surface area contributed by atoms with E-state index in [0.29, 0.717) is 47.6 Å². The molecule has 184 valence electrons. The van der Waals surface area contributed by atoms with Gasteiger partial charge in [0.1, 0.15) is 18.3 Å². The summed E-state index contributed by atoms with van der Waals surface area (Å²) in [5.41, 5.74) is 5.48. The van der Waals surface area contributed by atoms with Crippen molar-refractivity contribution in [2.45, 2.75) is 49.9 Å². The van der Waals surface area contributed by atoms with Crippen LogP contribution in [-0.4, -0.2) is 69.8 Å². The predicted molar refractivity (Wildman–Crippen MR) is 120 cm³/mol. The zero-order valence-electron chi connectivity index (χ0n) is 19.0. The van der Waals surface area contributed by atoms with Gasteiger partial charge in [-0.1, -0.05) is 0 Å². The second-order valence-corrected chi connectivity index (χ2v) is 10.3. The lowest BCUT2D eigenvalue weighted by atomic mass is 10.1. The molecule has 3 heterocycles. The van der Waals surface area contributed by atoms with Gasteiger partial charge in [-0.05, 0) is 43.6 Å². The summed E-state index contributed by atoms with van der Waals surface area (Å²) in [6.07, 6.45) is 3.25. The highest BCUT2D eigenvalue weighted by Crippen LogP contribution is 2.62. The number of hydrogen-bond acceptors (Lipinski definition) is 5. The molecule has 10 heteroatoms. The molecule has 3 saturated carbocycles. The van der Waals surface area contributed by atoms with Crippen LogP contribution >= 0.6 is 0 Å². The van der Waals surface area contributed by atoms with Crippen LogP contribution in [0.25, 0.3) is 11.3 Å². The van der Waals surface area contributed by atoms with Crippen LogP contribution in [0.15, 0.2) is 18.5 Å². The van der Waals surface area contributed by atoms with E-state index in [9.17, 15) is 17.6 Å². The topological polar surface area (TPSA) is 63.2 Å². The number of alkyl halides is 4. The molecular formula is C24H30F4N6. The lowest BCUT2D eigenvalue weighted by molar-refractivity contribution is -0.137. The number of imidazole rings is 1. The maximum atomic E-state index is 13.3. The molecule has 34 heavy (non-hydrogen) atoms. The summed E-state index contributed by atoms with van der Waals surface area (Å²) in [7, 11) is 0. The molecule has 6 rings (SSSR count). The lowest BCUT2D eigenvalue weighted by Gasteiger charge is -2.38. The molecule has 0 radical (unpaired) electrons. The summed E-state index contributed by atoms with van der Waals surface area (Å²) in [6.45, 7) is 4.13. The molecule has 4 fully saturated rings. The first kappa shape index (κ1) is 22.3. The van der Waals surface area contributed by atoms with Crippen molar-refractivity contribution >= 4 is 5.82 Å². The van der Waals surface area contributed by atoms with E-state index < -0.39 is 17.6 Å². The molecule has 3 aliphatic carbocycles. The number of aromatic nitrogens is 3. The van der Waals surface area contributed by atoms with Gasteiger partial charge < -0.3 is 10.3 Å². The van der Waals surface area contributed by atoms with Gasteiger partial charge in [-0.25, -0.2) is 14.4 Å². The highest BCUT2D eigenvalue weighted by Gasteiger charge is 2.59. The monoisotopic (exact) mass is 478 g/mol. The maximum absolute atomic E-state index is 13.3. The Morgan fingerprint density at radius 3 is 2.38 bits per heavy atom. The van der Waals surface area contributed by atoms with Crippen LogP contribution in [0.3, 0.4) is 0 Å². The first-order chi connectivity index (χ1) is 16.3. The number of halogens is 4. The molecular weight excluding hydrogens is 448 g/mol. The second kappa shape index (κ2) is 8.19. The summed E-state index contributed by atoms with van der Waals surface area (Å²) in [4.78, 5) is 13.3. The third kappa shape index (κ3) is 3.98. The standard InChI is InChI=1S/C24H30F4N6/c25-3-4-32-5-7-33(8-6-32)16-10-17-18(11-16)21(17)34-13-20(31-23(34)14-1-2-14)15-9-19(24(26,27)28)22(29)30-12-15/h9,12-14,16-18,21H,1-8,10-11H2,(H2,29,30)/t16?,17-,18+,21?. The maximum Gasteiger partial charge on any atom is 0.419 e. The Balaban J connectivity index is 1.17. The van der Waals surface area contributed by atoms with E-state index in [-0.39, 0.29) is 6.67 Å². The molecule has 2 unspecified atom stereocenters. The molecule has 2 aromatic heterocycles. The van der Waals surface area contributed by atoms with Crippen molar-refractivity contribution in [2.75, 3.05) is 45.1 Å². The van der Waals surface area contributed by atoms with Crippen LogP contribution in [0.4, 0.5) is 23.4 Å². The van der Waals surface area contributed by atoms with Crippen LogP contribution in [0.5, 0.6) is 0 Å². The summed E-state index contributed by atoms with van der Waals surface area (Å²) in [6, 6.07) is 2.05. The first-order valence-corrected chi connectivity index (χ1v) is 12.3. The van der Waals surface area contributed by atoms with Crippen molar-refractivity contribution < 1.29 is 17.6 Å². The molecule has 0 bridgehead atoms. The van der Waals surface area contributed by atoms with Crippen LogP contribution in [0.1, 0.15) is 49.0 Å². The summed E-state index contributed by atoms with van der Waals surface area (Å²) < 4.78 is 54.9. The van der Waals surface area contributed by atoms with Gasteiger partial charge in [0.15, 0.2) is 0 Å². The largest absolute Gasteiger partial charge is 0.419 e. The number of rotatable bonds is 6. The van der Waals surface area contributed by atoms with Crippen molar-refractivity contribution in [3.63, 3.8) is 0 Å². The van der Waals surface area contributed by atoms with E-state index in [1.165, 1.54) is 6.20 Å². The predicted octanol–water partition coefficient (Wildman–Crippen LogP) is 3.96. The number of nitrogen functional groups attached to an aromatic ring is 1. The van der Waals surface area contributed by atoms with Crippen molar-refractivity contribution in [3.05, 3.63) is 29.8 Å². The lowest BCUT2D eigenvalue weighted by Crippen LogP contribution is -2.50. The molecule has 0 spiro atoms. The summed E-state index contributed by atoms with van der Waals surface area (Å²) in [5, 5.41) is 0. The summed E-state index contributed by atoms with van der Waals surface area (Å²) in [5.74, 6) is 2.10. The number of hydrogen-bond donors (Lipinski definition) is 1. The molecule has 0 aromatic carbocycles. The average molecular weight is 479 g/mol. The fraction of sp³-hybridized carbons (Fsp3) is 0.667. The normalized spacial score (nSPS) is 30.0. The summed E-state index contributed by atoms with van der Waals surface area (Å²) >= 11 is 0. The number of nitrogens with zero attached hydrogens (tertiary/aromatic N) is 5. The van der Waals surface area contributed by atoms with Crippen molar-refractivity contribution in [1.29, 1.82) is 0 Å². The van der Waals surface area contributed by atoms with E-state index in [1.54, 1.807) is 0 Å². The zero-order valence-corrected chi connectivity index (χ0v) is 19.0. The molecule has 2 N–H and O–H groups in total. The number of pyridine rings is 1. The minimum Gasteiger partial charge on any atom is -0.383 e. The Labute approximate surface area is 196 Å². The fourth-order valence-corrected chi connectivity index (χ4v) is 6.23. The van der Waals surface area contributed by atoms with E-state index in [0.717, 1.165) is 63.8 Å². The van der Waals surface area contributed by atoms with Gasteiger partial charge >= 0.3 is 6.18 Å². The first-order valence-electron chi connectivity index (χ1n) is 12.3. The van der Waals surface area contributed by atoms with Crippen molar-refractivity contribution in [1.82, 2.24) is 24.3 Å². The average Bonchev–Trinajstić information content (AvgIpc) is 3.68. The van der Waals surface area contributed by atoms with Crippen LogP contribution in [0, 0.1) is 11.8 Å². The van der Waals surface area contributed by atoms with E-state index in [1.807, 2.05) is 6.20 Å². The van der Waals surface area contributed by atoms with Crippen LogP contribution in [0.2, 0.25) is 0 Å². The Bertz CT molecular complexity index is 1040. The Morgan fingerprint density at radius 2 is 1.76 bits per heavy atom. The number of nitrogens with two attached hydrogens (primary N) is 1. The van der Waals surface area contributed by atoms with Crippen molar-refractivity contribution in [2.24, 2.45) is 11.8 Å². The smallest absolute Gasteiger partial charge is 0.383 e. The minimum atomic E-state index is -4.55. The highest BCUT2D eigenvalue weighted by atomic mass is 19.4.